The number of anilines is 2. The molecule has 4 nitrogen and oxygen atoms in total. The summed E-state index contributed by atoms with van der Waals surface area (Å²) in [6, 6.07) is 7.31. The van der Waals surface area contributed by atoms with Gasteiger partial charge >= 0.3 is 12.2 Å². The molecule has 0 saturated heterocycles. The summed E-state index contributed by atoms with van der Waals surface area (Å²) >= 11 is 0. The number of para-hydroxylation sites is 1. The number of hydrogen-bond donors (Lipinski definition) is 0. The van der Waals surface area contributed by atoms with Crippen LogP contribution in [-0.2, 0) is 11.6 Å². The van der Waals surface area contributed by atoms with Crippen LogP contribution in [0.15, 0.2) is 30.5 Å². The summed E-state index contributed by atoms with van der Waals surface area (Å²) in [5.41, 5.74) is 0.445. The van der Waals surface area contributed by atoms with Crippen LogP contribution in [0.25, 0.3) is 0 Å². The standard InChI is InChI=1S/C19H24F3N3O/c1-6-11-26-17-23-12-14(19(20,21)22)16(24-17)25(5)15-10-8-7-9-13(15)18(2,3)4/h7-10,12H,6,11H2,1-5H3. The largest absolute Gasteiger partial charge is 0.463 e. The summed E-state index contributed by atoms with van der Waals surface area (Å²) in [4.78, 5) is 9.21. The third kappa shape index (κ3) is 4.45. The van der Waals surface area contributed by atoms with Crippen LogP contribution in [-0.4, -0.2) is 23.6 Å². The molecule has 0 aliphatic carbocycles. The lowest BCUT2D eigenvalue weighted by Gasteiger charge is -2.29. The highest BCUT2D eigenvalue weighted by Gasteiger charge is 2.37. The van der Waals surface area contributed by atoms with Gasteiger partial charge in [0.15, 0.2) is 5.82 Å². The van der Waals surface area contributed by atoms with Gasteiger partial charge in [-0.3, -0.25) is 0 Å². The van der Waals surface area contributed by atoms with Crippen molar-refractivity contribution < 1.29 is 17.9 Å². The van der Waals surface area contributed by atoms with E-state index in [0.717, 1.165) is 11.8 Å². The number of halogens is 3. The second-order valence-electron chi connectivity index (χ2n) is 7.06. The van der Waals surface area contributed by atoms with Gasteiger partial charge in [-0.2, -0.15) is 18.2 Å². The minimum atomic E-state index is -4.57. The van der Waals surface area contributed by atoms with Crippen LogP contribution in [0.1, 0.15) is 45.2 Å². The number of ether oxygens (including phenoxy) is 1. The van der Waals surface area contributed by atoms with Crippen molar-refractivity contribution in [2.75, 3.05) is 18.6 Å². The summed E-state index contributed by atoms with van der Waals surface area (Å²) in [6.45, 7) is 8.28. The molecule has 2 aromatic rings. The van der Waals surface area contributed by atoms with Crippen LogP contribution in [0.3, 0.4) is 0 Å². The van der Waals surface area contributed by atoms with Crippen molar-refractivity contribution in [3.05, 3.63) is 41.6 Å². The molecule has 0 atom stereocenters. The van der Waals surface area contributed by atoms with Gasteiger partial charge in [0.1, 0.15) is 5.56 Å². The molecule has 0 amide bonds. The first kappa shape index (κ1) is 20.0. The van der Waals surface area contributed by atoms with Crippen molar-refractivity contribution in [3.63, 3.8) is 0 Å². The van der Waals surface area contributed by atoms with E-state index in [4.69, 9.17) is 4.74 Å². The van der Waals surface area contributed by atoms with Crippen molar-refractivity contribution >= 4 is 11.5 Å². The number of alkyl halides is 3. The Morgan fingerprint density at radius 3 is 2.31 bits per heavy atom. The Bertz CT molecular complexity index is 754. The molecule has 0 N–H and O–H groups in total. The van der Waals surface area contributed by atoms with Crippen molar-refractivity contribution in [2.24, 2.45) is 0 Å². The van der Waals surface area contributed by atoms with E-state index in [0.29, 0.717) is 18.7 Å². The predicted molar refractivity (Wildman–Crippen MR) is 96.0 cm³/mol. The van der Waals surface area contributed by atoms with E-state index in [-0.39, 0.29) is 17.2 Å². The van der Waals surface area contributed by atoms with E-state index in [1.54, 1.807) is 19.2 Å². The minimum Gasteiger partial charge on any atom is -0.463 e. The molecule has 0 aliphatic rings. The summed E-state index contributed by atoms with van der Waals surface area (Å²) in [6.07, 6.45) is -3.07. The second kappa shape index (κ2) is 7.51. The lowest BCUT2D eigenvalue weighted by molar-refractivity contribution is -0.137. The third-order valence-corrected chi connectivity index (χ3v) is 3.88. The normalized spacial score (nSPS) is 12.2. The van der Waals surface area contributed by atoms with Crippen LogP contribution >= 0.6 is 0 Å². The van der Waals surface area contributed by atoms with Gasteiger partial charge in [0.05, 0.1) is 6.61 Å². The van der Waals surface area contributed by atoms with E-state index < -0.39 is 11.7 Å². The van der Waals surface area contributed by atoms with Gasteiger partial charge in [0, 0.05) is 18.9 Å². The van der Waals surface area contributed by atoms with Crippen LogP contribution < -0.4 is 9.64 Å². The lowest BCUT2D eigenvalue weighted by Crippen LogP contribution is -2.23. The predicted octanol–water partition coefficient (Wildman–Crippen LogP) is 5.35. The Labute approximate surface area is 152 Å². The molecule has 0 spiro atoms. The number of nitrogens with zero attached hydrogens (tertiary/aromatic N) is 3. The monoisotopic (exact) mass is 367 g/mol. The maximum Gasteiger partial charge on any atom is 0.421 e. The van der Waals surface area contributed by atoms with Gasteiger partial charge < -0.3 is 9.64 Å². The van der Waals surface area contributed by atoms with E-state index >= 15 is 0 Å². The van der Waals surface area contributed by atoms with Gasteiger partial charge in [0.2, 0.25) is 0 Å². The number of benzene rings is 1. The Hall–Kier alpha value is -2.31. The maximum absolute atomic E-state index is 13.5. The Morgan fingerprint density at radius 1 is 1.08 bits per heavy atom. The average Bonchev–Trinajstić information content (AvgIpc) is 2.57. The van der Waals surface area contributed by atoms with E-state index in [9.17, 15) is 13.2 Å². The molecule has 1 aromatic carbocycles. The van der Waals surface area contributed by atoms with E-state index in [1.165, 1.54) is 4.90 Å². The van der Waals surface area contributed by atoms with Crippen molar-refractivity contribution in [3.8, 4) is 6.01 Å². The second-order valence-corrected chi connectivity index (χ2v) is 7.06. The van der Waals surface area contributed by atoms with Gasteiger partial charge in [-0.05, 0) is 23.5 Å². The molecule has 0 unspecified atom stereocenters. The summed E-state index contributed by atoms with van der Waals surface area (Å²) in [7, 11) is 1.58. The molecule has 26 heavy (non-hydrogen) atoms. The molecule has 0 aliphatic heterocycles. The Morgan fingerprint density at radius 2 is 1.73 bits per heavy atom. The molecular formula is C19H24F3N3O. The topological polar surface area (TPSA) is 38.2 Å². The number of hydrogen-bond acceptors (Lipinski definition) is 4. The Balaban J connectivity index is 2.59. The molecule has 7 heteroatoms. The van der Waals surface area contributed by atoms with Gasteiger partial charge in [-0.25, -0.2) is 4.98 Å². The summed E-state index contributed by atoms with van der Waals surface area (Å²) in [5.74, 6) is -0.227. The highest BCUT2D eigenvalue weighted by molar-refractivity contribution is 5.67. The number of aromatic nitrogens is 2. The zero-order valence-electron chi connectivity index (χ0n) is 15.7. The van der Waals surface area contributed by atoms with Gasteiger partial charge in [-0.1, -0.05) is 45.9 Å². The Kier molecular flexibility index (Phi) is 5.78. The smallest absolute Gasteiger partial charge is 0.421 e. The quantitative estimate of drug-likeness (QED) is 0.714. The van der Waals surface area contributed by atoms with Crippen LogP contribution in [0.2, 0.25) is 0 Å². The fourth-order valence-corrected chi connectivity index (χ4v) is 2.59. The van der Waals surface area contributed by atoms with Gasteiger partial charge in [-0.15, -0.1) is 0 Å². The fourth-order valence-electron chi connectivity index (χ4n) is 2.59. The van der Waals surface area contributed by atoms with Crippen molar-refractivity contribution in [1.29, 1.82) is 0 Å². The molecule has 0 bridgehead atoms. The lowest BCUT2D eigenvalue weighted by atomic mass is 9.85. The zero-order chi connectivity index (χ0) is 19.5. The third-order valence-electron chi connectivity index (χ3n) is 3.88. The maximum atomic E-state index is 13.5. The van der Waals surface area contributed by atoms with Gasteiger partial charge in [0.25, 0.3) is 0 Å². The fraction of sp³-hybridized carbons (Fsp3) is 0.474. The number of rotatable bonds is 5. The zero-order valence-corrected chi connectivity index (χ0v) is 15.7. The first-order chi connectivity index (χ1) is 12.1. The van der Waals surface area contributed by atoms with Crippen molar-refractivity contribution in [1.82, 2.24) is 9.97 Å². The first-order valence-corrected chi connectivity index (χ1v) is 8.46. The molecule has 0 fully saturated rings. The summed E-state index contributed by atoms with van der Waals surface area (Å²) < 4.78 is 45.8. The van der Waals surface area contributed by atoms with Crippen LogP contribution in [0.5, 0.6) is 6.01 Å². The SMILES string of the molecule is CCCOc1ncc(C(F)(F)F)c(N(C)c2ccccc2C(C)(C)C)n1. The van der Waals surface area contributed by atoms with Crippen molar-refractivity contribution in [2.45, 2.75) is 45.7 Å². The molecular weight excluding hydrogens is 343 g/mol. The molecule has 0 radical (unpaired) electrons. The highest BCUT2D eigenvalue weighted by atomic mass is 19.4. The van der Waals surface area contributed by atoms with Crippen LogP contribution in [0, 0.1) is 0 Å². The molecule has 1 aromatic heterocycles. The molecule has 1 heterocycles. The average molecular weight is 367 g/mol. The molecule has 2 rings (SSSR count). The van der Waals surface area contributed by atoms with Crippen LogP contribution in [0.4, 0.5) is 24.7 Å². The highest BCUT2D eigenvalue weighted by Crippen LogP contribution is 2.40. The molecule has 0 saturated carbocycles. The van der Waals surface area contributed by atoms with E-state index in [2.05, 4.69) is 9.97 Å². The minimum absolute atomic E-state index is 0.0602. The first-order valence-electron chi connectivity index (χ1n) is 8.46. The van der Waals surface area contributed by atoms with E-state index in [1.807, 2.05) is 39.8 Å². The molecule has 142 valence electrons. The summed E-state index contributed by atoms with van der Waals surface area (Å²) in [5, 5.41) is 0.